The van der Waals surface area contributed by atoms with Crippen LogP contribution in [0, 0.1) is 20.8 Å². The van der Waals surface area contributed by atoms with Gasteiger partial charge in [-0.05, 0) is 20.8 Å². The predicted octanol–water partition coefficient (Wildman–Crippen LogP) is 2.12. The zero-order chi connectivity index (χ0) is 9.42. The fourth-order valence-electron chi connectivity index (χ4n) is 0.948. The summed E-state index contributed by atoms with van der Waals surface area (Å²) >= 11 is 1.57. The van der Waals surface area contributed by atoms with E-state index in [1.807, 2.05) is 13.8 Å². The molecule has 5 heteroatoms. The molecule has 0 aliphatic carbocycles. The van der Waals surface area contributed by atoms with E-state index in [4.69, 9.17) is 4.52 Å². The van der Waals surface area contributed by atoms with Gasteiger partial charge in [-0.2, -0.15) is 4.98 Å². The molecule has 13 heavy (non-hydrogen) atoms. The van der Waals surface area contributed by atoms with Gasteiger partial charge < -0.3 is 4.52 Å². The Bertz CT molecular complexity index is 413. The van der Waals surface area contributed by atoms with E-state index in [0.29, 0.717) is 11.7 Å². The Kier molecular flexibility index (Phi) is 1.88. The van der Waals surface area contributed by atoms with E-state index in [0.717, 1.165) is 10.7 Å². The molecular weight excluding hydrogens is 186 g/mol. The zero-order valence-electron chi connectivity index (χ0n) is 7.66. The van der Waals surface area contributed by atoms with Gasteiger partial charge in [0.25, 0.3) is 5.89 Å². The van der Waals surface area contributed by atoms with Crippen molar-refractivity contribution in [3.05, 3.63) is 16.4 Å². The number of thiazole rings is 1. The highest BCUT2D eigenvalue weighted by molar-refractivity contribution is 7.15. The van der Waals surface area contributed by atoms with Crippen molar-refractivity contribution in [3.63, 3.8) is 0 Å². The van der Waals surface area contributed by atoms with E-state index in [1.54, 1.807) is 18.3 Å². The van der Waals surface area contributed by atoms with Crippen LogP contribution in [-0.2, 0) is 0 Å². The Hall–Kier alpha value is -1.23. The van der Waals surface area contributed by atoms with Crippen LogP contribution in [0.5, 0.6) is 0 Å². The lowest BCUT2D eigenvalue weighted by atomic mass is 10.4. The topological polar surface area (TPSA) is 51.8 Å². The number of rotatable bonds is 1. The van der Waals surface area contributed by atoms with Gasteiger partial charge in [-0.25, -0.2) is 4.98 Å². The molecule has 0 aromatic carbocycles. The van der Waals surface area contributed by atoms with E-state index < -0.39 is 0 Å². The first-order valence-corrected chi connectivity index (χ1v) is 4.73. The van der Waals surface area contributed by atoms with Gasteiger partial charge >= 0.3 is 0 Å². The third kappa shape index (κ3) is 1.47. The quantitative estimate of drug-likeness (QED) is 0.699. The minimum absolute atomic E-state index is 0.513. The van der Waals surface area contributed by atoms with E-state index in [9.17, 15) is 0 Å². The standard InChI is InChI=1S/C8H9N3OS/c1-4-5(2)13-8(9-4)7-10-6(3)11-12-7/h1-3H3. The van der Waals surface area contributed by atoms with Crippen LogP contribution in [-0.4, -0.2) is 15.1 Å². The minimum atomic E-state index is 0.513. The Morgan fingerprint density at radius 2 is 1.92 bits per heavy atom. The number of aromatic nitrogens is 3. The molecule has 2 aromatic heterocycles. The first-order valence-electron chi connectivity index (χ1n) is 3.91. The van der Waals surface area contributed by atoms with Crippen LogP contribution < -0.4 is 0 Å². The lowest BCUT2D eigenvalue weighted by Gasteiger charge is -1.81. The van der Waals surface area contributed by atoms with Crippen molar-refractivity contribution in [2.75, 3.05) is 0 Å². The number of nitrogens with zero attached hydrogens (tertiary/aromatic N) is 3. The highest BCUT2D eigenvalue weighted by atomic mass is 32.1. The van der Waals surface area contributed by atoms with Crippen molar-refractivity contribution in [2.24, 2.45) is 0 Å². The smallest absolute Gasteiger partial charge is 0.286 e. The molecule has 0 N–H and O–H groups in total. The summed E-state index contributed by atoms with van der Waals surface area (Å²) in [5.74, 6) is 1.15. The molecule has 0 aliphatic rings. The summed E-state index contributed by atoms with van der Waals surface area (Å²) in [7, 11) is 0. The van der Waals surface area contributed by atoms with Gasteiger partial charge in [-0.3, -0.25) is 0 Å². The number of hydrogen-bond acceptors (Lipinski definition) is 5. The van der Waals surface area contributed by atoms with Crippen molar-refractivity contribution in [3.8, 4) is 10.9 Å². The fraction of sp³-hybridized carbons (Fsp3) is 0.375. The van der Waals surface area contributed by atoms with Crippen LogP contribution in [0.25, 0.3) is 10.9 Å². The summed E-state index contributed by atoms with van der Waals surface area (Å²) in [6.45, 7) is 5.79. The molecule has 2 rings (SSSR count). The van der Waals surface area contributed by atoms with Gasteiger partial charge in [-0.15, -0.1) is 11.3 Å². The van der Waals surface area contributed by atoms with Crippen LogP contribution >= 0.6 is 11.3 Å². The Morgan fingerprint density at radius 1 is 1.15 bits per heavy atom. The summed E-state index contributed by atoms with van der Waals surface area (Å²) in [6, 6.07) is 0. The molecule has 0 unspecified atom stereocenters. The molecule has 0 saturated carbocycles. The second kappa shape index (κ2) is 2.92. The molecule has 0 amide bonds. The molecular formula is C8H9N3OS. The molecule has 2 heterocycles. The number of aryl methyl sites for hydroxylation is 3. The van der Waals surface area contributed by atoms with Gasteiger partial charge in [0.05, 0.1) is 5.69 Å². The monoisotopic (exact) mass is 195 g/mol. The van der Waals surface area contributed by atoms with Crippen LogP contribution in [0.2, 0.25) is 0 Å². The molecule has 0 aliphatic heterocycles. The maximum absolute atomic E-state index is 5.01. The zero-order valence-corrected chi connectivity index (χ0v) is 8.47. The lowest BCUT2D eigenvalue weighted by molar-refractivity contribution is 0.425. The molecule has 0 spiro atoms. The van der Waals surface area contributed by atoms with Crippen LogP contribution in [0.3, 0.4) is 0 Å². The average molecular weight is 195 g/mol. The number of hydrogen-bond donors (Lipinski definition) is 0. The summed E-state index contributed by atoms with van der Waals surface area (Å²) in [5, 5.41) is 4.51. The van der Waals surface area contributed by atoms with Crippen LogP contribution in [0.4, 0.5) is 0 Å². The van der Waals surface area contributed by atoms with Crippen molar-refractivity contribution >= 4 is 11.3 Å². The molecule has 2 aromatic rings. The van der Waals surface area contributed by atoms with Gasteiger partial charge in [0, 0.05) is 4.88 Å². The summed E-state index contributed by atoms with van der Waals surface area (Å²) in [6.07, 6.45) is 0. The highest BCUT2D eigenvalue weighted by Gasteiger charge is 2.11. The van der Waals surface area contributed by atoms with Crippen molar-refractivity contribution in [1.82, 2.24) is 15.1 Å². The summed E-state index contributed by atoms with van der Waals surface area (Å²) in [4.78, 5) is 9.61. The van der Waals surface area contributed by atoms with Crippen LogP contribution in [0.1, 0.15) is 16.4 Å². The molecule has 0 saturated heterocycles. The summed E-state index contributed by atoms with van der Waals surface area (Å²) < 4.78 is 5.01. The van der Waals surface area contributed by atoms with E-state index in [-0.39, 0.29) is 0 Å². The molecule has 4 nitrogen and oxygen atoms in total. The molecule has 0 bridgehead atoms. The van der Waals surface area contributed by atoms with Gasteiger partial charge in [0.2, 0.25) is 0 Å². The van der Waals surface area contributed by atoms with Gasteiger partial charge in [-0.1, -0.05) is 5.16 Å². The lowest BCUT2D eigenvalue weighted by Crippen LogP contribution is -1.77. The van der Waals surface area contributed by atoms with E-state index in [2.05, 4.69) is 15.1 Å². The second-order valence-corrected chi connectivity index (χ2v) is 4.01. The largest absolute Gasteiger partial charge is 0.331 e. The third-order valence-corrected chi connectivity index (χ3v) is 2.80. The fourth-order valence-corrected chi connectivity index (χ4v) is 1.78. The van der Waals surface area contributed by atoms with E-state index >= 15 is 0 Å². The Balaban J connectivity index is 2.46. The minimum Gasteiger partial charge on any atom is -0.331 e. The average Bonchev–Trinajstić information content (AvgIpc) is 2.61. The molecule has 0 radical (unpaired) electrons. The SMILES string of the molecule is Cc1noc(-c2nc(C)c(C)s2)n1. The van der Waals surface area contributed by atoms with Crippen molar-refractivity contribution in [1.29, 1.82) is 0 Å². The molecule has 68 valence electrons. The van der Waals surface area contributed by atoms with Gasteiger partial charge in [0.15, 0.2) is 10.8 Å². The van der Waals surface area contributed by atoms with Crippen molar-refractivity contribution in [2.45, 2.75) is 20.8 Å². The molecule has 0 fully saturated rings. The van der Waals surface area contributed by atoms with Gasteiger partial charge in [0.1, 0.15) is 0 Å². The maximum atomic E-state index is 5.01. The first kappa shape index (κ1) is 8.37. The Labute approximate surface area is 79.6 Å². The Morgan fingerprint density at radius 3 is 2.38 bits per heavy atom. The van der Waals surface area contributed by atoms with Crippen LogP contribution in [0.15, 0.2) is 4.52 Å². The summed E-state index contributed by atoms with van der Waals surface area (Å²) in [5.41, 5.74) is 1.02. The highest BCUT2D eigenvalue weighted by Crippen LogP contribution is 2.25. The predicted molar refractivity (Wildman–Crippen MR) is 49.6 cm³/mol. The van der Waals surface area contributed by atoms with Crippen molar-refractivity contribution < 1.29 is 4.52 Å². The second-order valence-electron chi connectivity index (χ2n) is 2.81. The third-order valence-electron chi connectivity index (χ3n) is 1.74. The molecule has 0 atom stereocenters. The first-order chi connectivity index (χ1) is 6.16. The van der Waals surface area contributed by atoms with E-state index in [1.165, 1.54) is 4.88 Å². The maximum Gasteiger partial charge on any atom is 0.286 e. The normalized spacial score (nSPS) is 10.7.